The summed E-state index contributed by atoms with van der Waals surface area (Å²) in [5.74, 6) is -0.195. The zero-order valence-corrected chi connectivity index (χ0v) is 8.68. The fourth-order valence-electron chi connectivity index (χ4n) is 1.51. The van der Waals surface area contributed by atoms with E-state index in [1.54, 1.807) is 13.0 Å². The van der Waals surface area contributed by atoms with Gasteiger partial charge in [-0.25, -0.2) is 4.39 Å². The lowest BCUT2D eigenvalue weighted by atomic mass is 9.97. The van der Waals surface area contributed by atoms with Gasteiger partial charge in [-0.1, -0.05) is 17.7 Å². The van der Waals surface area contributed by atoms with Crippen LogP contribution in [0.15, 0.2) is 30.4 Å². The summed E-state index contributed by atoms with van der Waals surface area (Å²) >= 11 is 0. The van der Waals surface area contributed by atoms with E-state index in [0.717, 1.165) is 11.1 Å². The molecule has 0 aliphatic heterocycles. The van der Waals surface area contributed by atoms with Crippen LogP contribution in [0.25, 0.3) is 0 Å². The first-order chi connectivity index (χ1) is 6.52. The minimum absolute atomic E-state index is 0.150. The number of hydrogen-bond acceptors (Lipinski definition) is 1. The summed E-state index contributed by atoms with van der Waals surface area (Å²) < 4.78 is 13.2. The average Bonchev–Trinajstić information content (AvgIpc) is 2.08. The van der Waals surface area contributed by atoms with E-state index in [4.69, 9.17) is 5.73 Å². The van der Waals surface area contributed by atoms with E-state index in [9.17, 15) is 4.39 Å². The van der Waals surface area contributed by atoms with E-state index >= 15 is 0 Å². The normalized spacial score (nSPS) is 12.6. The molecule has 0 fully saturated rings. The van der Waals surface area contributed by atoms with Crippen molar-refractivity contribution in [3.63, 3.8) is 0 Å². The summed E-state index contributed by atoms with van der Waals surface area (Å²) in [7, 11) is 0. The van der Waals surface area contributed by atoms with Crippen molar-refractivity contribution in [2.24, 2.45) is 5.73 Å². The van der Waals surface area contributed by atoms with Crippen molar-refractivity contribution in [1.29, 1.82) is 0 Å². The number of hydrogen-bond donors (Lipinski definition) is 1. The van der Waals surface area contributed by atoms with Crippen LogP contribution in [0.1, 0.15) is 30.5 Å². The van der Waals surface area contributed by atoms with E-state index in [1.807, 2.05) is 13.0 Å². The Bertz CT molecular complexity index is 344. The second-order valence-electron chi connectivity index (χ2n) is 3.72. The van der Waals surface area contributed by atoms with Crippen LogP contribution in [0.2, 0.25) is 0 Å². The van der Waals surface area contributed by atoms with Crippen molar-refractivity contribution in [3.8, 4) is 0 Å². The van der Waals surface area contributed by atoms with E-state index < -0.39 is 0 Å². The largest absolute Gasteiger partial charge is 0.324 e. The molecule has 0 unspecified atom stereocenters. The van der Waals surface area contributed by atoms with Gasteiger partial charge in [-0.2, -0.15) is 0 Å². The second-order valence-corrected chi connectivity index (χ2v) is 3.72. The maximum absolute atomic E-state index is 13.2. The maximum Gasteiger partial charge on any atom is 0.126 e. The Morgan fingerprint density at radius 3 is 2.79 bits per heavy atom. The van der Waals surface area contributed by atoms with Crippen molar-refractivity contribution in [1.82, 2.24) is 0 Å². The summed E-state index contributed by atoms with van der Waals surface area (Å²) in [5.41, 5.74) is 8.46. The van der Waals surface area contributed by atoms with Gasteiger partial charge in [0.15, 0.2) is 0 Å². The summed E-state index contributed by atoms with van der Waals surface area (Å²) in [4.78, 5) is 0. The Labute approximate surface area is 84.4 Å². The van der Waals surface area contributed by atoms with Crippen LogP contribution in [-0.4, -0.2) is 0 Å². The lowest BCUT2D eigenvalue weighted by Crippen LogP contribution is -2.12. The highest BCUT2D eigenvalue weighted by molar-refractivity contribution is 5.30. The van der Waals surface area contributed by atoms with Crippen LogP contribution in [0, 0.1) is 12.7 Å². The fourth-order valence-corrected chi connectivity index (χ4v) is 1.51. The zero-order valence-electron chi connectivity index (χ0n) is 8.68. The van der Waals surface area contributed by atoms with Gasteiger partial charge < -0.3 is 5.73 Å². The van der Waals surface area contributed by atoms with Crippen molar-refractivity contribution >= 4 is 0 Å². The molecule has 1 nitrogen and oxygen atoms in total. The van der Waals surface area contributed by atoms with Crippen LogP contribution in [-0.2, 0) is 0 Å². The van der Waals surface area contributed by atoms with Crippen molar-refractivity contribution in [2.75, 3.05) is 0 Å². The summed E-state index contributed by atoms with van der Waals surface area (Å²) in [6, 6.07) is 4.86. The minimum atomic E-state index is -0.195. The van der Waals surface area contributed by atoms with Gasteiger partial charge in [0.2, 0.25) is 0 Å². The van der Waals surface area contributed by atoms with Crippen LogP contribution in [0.4, 0.5) is 4.39 Å². The first-order valence-corrected chi connectivity index (χ1v) is 4.67. The first-order valence-electron chi connectivity index (χ1n) is 4.67. The molecular weight excluding hydrogens is 177 g/mol. The molecular formula is C12H16FN. The molecule has 0 bridgehead atoms. The monoisotopic (exact) mass is 193 g/mol. The Hall–Kier alpha value is -1.15. The molecule has 0 radical (unpaired) electrons. The van der Waals surface area contributed by atoms with E-state index in [0.29, 0.717) is 12.0 Å². The number of nitrogens with two attached hydrogens (primary N) is 1. The molecule has 2 heteroatoms. The van der Waals surface area contributed by atoms with Crippen LogP contribution >= 0.6 is 0 Å². The lowest BCUT2D eigenvalue weighted by molar-refractivity contribution is 0.606. The predicted octanol–water partition coefficient (Wildman–Crippen LogP) is 3.10. The highest BCUT2D eigenvalue weighted by Gasteiger charge is 2.10. The molecule has 0 spiro atoms. The quantitative estimate of drug-likeness (QED) is 0.733. The minimum Gasteiger partial charge on any atom is -0.324 e. The molecule has 0 amide bonds. The van der Waals surface area contributed by atoms with Gasteiger partial charge in [-0.05, 0) is 37.5 Å². The van der Waals surface area contributed by atoms with E-state index in [-0.39, 0.29) is 11.9 Å². The predicted molar refractivity (Wildman–Crippen MR) is 57.5 cm³/mol. The Morgan fingerprint density at radius 2 is 2.21 bits per heavy atom. The Morgan fingerprint density at radius 1 is 1.57 bits per heavy atom. The Kier molecular flexibility index (Phi) is 3.42. The summed E-state index contributed by atoms with van der Waals surface area (Å²) in [5, 5.41) is 0. The van der Waals surface area contributed by atoms with Gasteiger partial charge in [-0.3, -0.25) is 0 Å². The van der Waals surface area contributed by atoms with Gasteiger partial charge in [0.25, 0.3) is 0 Å². The molecule has 0 saturated heterocycles. The topological polar surface area (TPSA) is 26.0 Å². The molecule has 0 aliphatic rings. The molecule has 1 atom stereocenters. The third kappa shape index (κ3) is 2.42. The molecule has 0 saturated carbocycles. The van der Waals surface area contributed by atoms with Crippen molar-refractivity contribution in [2.45, 2.75) is 26.3 Å². The first kappa shape index (κ1) is 10.9. The SMILES string of the molecule is C=C(C)C[C@H](N)c1cccc(F)c1C. The standard InChI is InChI=1S/C12H16FN/c1-8(2)7-12(14)10-5-4-6-11(13)9(10)3/h4-6,12H,1,7,14H2,2-3H3/t12-/m0/s1. The number of rotatable bonds is 3. The van der Waals surface area contributed by atoms with Crippen molar-refractivity contribution < 1.29 is 4.39 Å². The molecule has 14 heavy (non-hydrogen) atoms. The van der Waals surface area contributed by atoms with Crippen LogP contribution < -0.4 is 5.73 Å². The van der Waals surface area contributed by atoms with Crippen LogP contribution in [0.3, 0.4) is 0 Å². The molecule has 1 aromatic rings. The molecule has 1 rings (SSSR count). The number of benzene rings is 1. The molecule has 0 aromatic heterocycles. The van der Waals surface area contributed by atoms with Gasteiger partial charge in [0, 0.05) is 6.04 Å². The van der Waals surface area contributed by atoms with Crippen LogP contribution in [0.5, 0.6) is 0 Å². The highest BCUT2D eigenvalue weighted by atomic mass is 19.1. The third-order valence-corrected chi connectivity index (χ3v) is 2.28. The molecule has 76 valence electrons. The molecule has 0 aliphatic carbocycles. The van der Waals surface area contributed by atoms with E-state index in [2.05, 4.69) is 6.58 Å². The highest BCUT2D eigenvalue weighted by Crippen LogP contribution is 2.22. The molecule has 0 heterocycles. The molecule has 2 N–H and O–H groups in total. The zero-order chi connectivity index (χ0) is 10.7. The van der Waals surface area contributed by atoms with Crippen molar-refractivity contribution in [3.05, 3.63) is 47.3 Å². The maximum atomic E-state index is 13.2. The number of halogens is 1. The van der Waals surface area contributed by atoms with Gasteiger partial charge in [0.05, 0.1) is 0 Å². The lowest BCUT2D eigenvalue weighted by Gasteiger charge is -2.14. The third-order valence-electron chi connectivity index (χ3n) is 2.28. The average molecular weight is 193 g/mol. The second kappa shape index (κ2) is 4.38. The summed E-state index contributed by atoms with van der Waals surface area (Å²) in [6.07, 6.45) is 0.699. The Balaban J connectivity index is 2.95. The fraction of sp³-hybridized carbons (Fsp3) is 0.333. The smallest absolute Gasteiger partial charge is 0.126 e. The van der Waals surface area contributed by atoms with Gasteiger partial charge in [0.1, 0.15) is 5.82 Å². The van der Waals surface area contributed by atoms with Gasteiger partial charge >= 0.3 is 0 Å². The van der Waals surface area contributed by atoms with Gasteiger partial charge in [-0.15, -0.1) is 6.58 Å². The van der Waals surface area contributed by atoms with E-state index in [1.165, 1.54) is 6.07 Å². The summed E-state index contributed by atoms with van der Waals surface area (Å²) in [6.45, 7) is 7.48. The molecule has 1 aromatic carbocycles.